The summed E-state index contributed by atoms with van der Waals surface area (Å²) in [5, 5.41) is 0. The summed E-state index contributed by atoms with van der Waals surface area (Å²) in [5.74, 6) is 0. The van der Waals surface area contributed by atoms with Crippen molar-refractivity contribution in [1.82, 2.24) is 4.57 Å². The van der Waals surface area contributed by atoms with Gasteiger partial charge in [0.25, 0.3) is 10.0 Å². The fourth-order valence-electron chi connectivity index (χ4n) is 1.99. The Labute approximate surface area is 134 Å². The molecule has 3 aromatic rings. The van der Waals surface area contributed by atoms with Crippen molar-refractivity contribution >= 4 is 47.5 Å². The van der Waals surface area contributed by atoms with Crippen molar-refractivity contribution in [3.05, 3.63) is 57.8 Å². The standard InChI is InChI=1S/C14H11BrN2O2S2/c1-17-13-11(15)8-5-9-12(13)20-14(17)16-21(18,19)10-6-3-2-4-7-10/h2-9H,1H3/b16-14-. The number of thiazole rings is 1. The summed E-state index contributed by atoms with van der Waals surface area (Å²) in [6, 6.07) is 14.0. The van der Waals surface area contributed by atoms with Gasteiger partial charge in [-0.1, -0.05) is 35.6 Å². The molecule has 2 aromatic carbocycles. The highest BCUT2D eigenvalue weighted by Crippen LogP contribution is 2.25. The van der Waals surface area contributed by atoms with E-state index in [1.807, 2.05) is 25.2 Å². The average molecular weight is 383 g/mol. The van der Waals surface area contributed by atoms with E-state index in [9.17, 15) is 8.42 Å². The predicted molar refractivity (Wildman–Crippen MR) is 87.7 cm³/mol. The van der Waals surface area contributed by atoms with Crippen LogP contribution < -0.4 is 4.80 Å². The minimum Gasteiger partial charge on any atom is -0.318 e. The van der Waals surface area contributed by atoms with Crippen molar-refractivity contribution < 1.29 is 8.42 Å². The Balaban J connectivity index is 2.26. The average Bonchev–Trinajstić information content (AvgIpc) is 2.77. The smallest absolute Gasteiger partial charge is 0.285 e. The van der Waals surface area contributed by atoms with Gasteiger partial charge < -0.3 is 4.57 Å². The zero-order chi connectivity index (χ0) is 15.0. The Morgan fingerprint density at radius 3 is 2.48 bits per heavy atom. The Morgan fingerprint density at radius 2 is 1.81 bits per heavy atom. The highest BCUT2D eigenvalue weighted by molar-refractivity contribution is 9.10. The summed E-state index contributed by atoms with van der Waals surface area (Å²) >= 11 is 4.83. The van der Waals surface area contributed by atoms with Crippen LogP contribution in [0.25, 0.3) is 10.2 Å². The van der Waals surface area contributed by atoms with Gasteiger partial charge in [-0.3, -0.25) is 0 Å². The quantitative estimate of drug-likeness (QED) is 0.682. The molecule has 0 aliphatic heterocycles. The fraction of sp³-hybridized carbons (Fsp3) is 0.0714. The van der Waals surface area contributed by atoms with Crippen molar-refractivity contribution in [2.45, 2.75) is 4.90 Å². The first-order valence-corrected chi connectivity index (χ1v) is 9.14. The number of rotatable bonds is 2. The third-order valence-electron chi connectivity index (χ3n) is 3.01. The van der Waals surface area contributed by atoms with E-state index >= 15 is 0 Å². The summed E-state index contributed by atoms with van der Waals surface area (Å²) in [5.41, 5.74) is 0.935. The van der Waals surface area contributed by atoms with Gasteiger partial charge in [-0.15, -0.1) is 4.40 Å². The largest absolute Gasteiger partial charge is 0.318 e. The Hall–Kier alpha value is -1.44. The van der Waals surface area contributed by atoms with Crippen molar-refractivity contribution in [3.8, 4) is 0 Å². The van der Waals surface area contributed by atoms with Crippen molar-refractivity contribution in [1.29, 1.82) is 0 Å². The van der Waals surface area contributed by atoms with Crippen LogP contribution in [0.1, 0.15) is 0 Å². The lowest BCUT2D eigenvalue weighted by molar-refractivity contribution is 0.596. The lowest BCUT2D eigenvalue weighted by Gasteiger charge is -1.99. The number of aryl methyl sites for hydroxylation is 1. The molecule has 0 saturated carbocycles. The molecule has 7 heteroatoms. The van der Waals surface area contributed by atoms with Gasteiger partial charge in [-0.25, -0.2) is 0 Å². The Kier molecular flexibility index (Phi) is 3.73. The monoisotopic (exact) mass is 382 g/mol. The second kappa shape index (κ2) is 5.40. The maximum absolute atomic E-state index is 12.3. The first-order chi connectivity index (χ1) is 9.99. The molecule has 0 N–H and O–H groups in total. The van der Waals surface area contributed by atoms with Gasteiger partial charge >= 0.3 is 0 Å². The molecule has 0 bridgehead atoms. The van der Waals surface area contributed by atoms with E-state index in [2.05, 4.69) is 20.3 Å². The van der Waals surface area contributed by atoms with Crippen LogP contribution in [0.4, 0.5) is 0 Å². The fourth-order valence-corrected chi connectivity index (χ4v) is 5.05. The zero-order valence-electron chi connectivity index (χ0n) is 11.0. The summed E-state index contributed by atoms with van der Waals surface area (Å²) in [4.78, 5) is 0.641. The minimum atomic E-state index is -3.70. The van der Waals surface area contributed by atoms with E-state index in [1.54, 1.807) is 34.9 Å². The number of sulfonamides is 1. The number of fused-ring (bicyclic) bond motifs is 1. The molecule has 0 fully saturated rings. The van der Waals surface area contributed by atoms with Crippen LogP contribution in [-0.4, -0.2) is 13.0 Å². The Bertz CT molecular complexity index is 973. The summed E-state index contributed by atoms with van der Waals surface area (Å²) in [7, 11) is -1.89. The maximum Gasteiger partial charge on any atom is 0.285 e. The molecule has 0 spiro atoms. The summed E-state index contributed by atoms with van der Waals surface area (Å²) in [6.45, 7) is 0. The minimum absolute atomic E-state index is 0.196. The lowest BCUT2D eigenvalue weighted by Crippen LogP contribution is -2.13. The first kappa shape index (κ1) is 14.5. The van der Waals surface area contributed by atoms with E-state index in [1.165, 1.54) is 11.3 Å². The molecule has 0 saturated heterocycles. The molecule has 1 heterocycles. The number of benzene rings is 2. The van der Waals surface area contributed by atoms with Crippen molar-refractivity contribution in [2.75, 3.05) is 0 Å². The second-order valence-electron chi connectivity index (χ2n) is 4.41. The Morgan fingerprint density at radius 1 is 1.10 bits per heavy atom. The van der Waals surface area contributed by atoms with Gasteiger partial charge in [0.15, 0.2) is 0 Å². The molecule has 0 unspecified atom stereocenters. The van der Waals surface area contributed by atoms with Gasteiger partial charge in [0.1, 0.15) is 0 Å². The third kappa shape index (κ3) is 2.68. The second-order valence-corrected chi connectivity index (χ2v) is 7.88. The molecule has 3 rings (SSSR count). The number of para-hydroxylation sites is 1. The van der Waals surface area contributed by atoms with Crippen LogP contribution in [0.15, 0.2) is 62.3 Å². The number of aromatic nitrogens is 1. The molecular formula is C14H11BrN2O2S2. The maximum atomic E-state index is 12.3. The molecule has 0 atom stereocenters. The van der Waals surface area contributed by atoms with E-state index in [0.717, 1.165) is 14.7 Å². The topological polar surface area (TPSA) is 51.4 Å². The number of halogens is 1. The zero-order valence-corrected chi connectivity index (χ0v) is 14.2. The highest BCUT2D eigenvalue weighted by Gasteiger charge is 2.13. The molecule has 0 aliphatic rings. The van der Waals surface area contributed by atoms with Crippen molar-refractivity contribution in [3.63, 3.8) is 0 Å². The molecule has 108 valence electrons. The SMILES string of the molecule is Cn1/c(=N/S(=O)(=O)c2ccccc2)sc2cccc(Br)c21. The van der Waals surface area contributed by atoms with Crippen LogP contribution in [0.3, 0.4) is 0 Å². The molecule has 0 aliphatic carbocycles. The predicted octanol–water partition coefficient (Wildman–Crippen LogP) is 3.29. The number of hydrogen-bond acceptors (Lipinski definition) is 3. The normalized spacial score (nSPS) is 13.0. The molecule has 0 amide bonds. The first-order valence-electron chi connectivity index (χ1n) is 6.09. The van der Waals surface area contributed by atoms with E-state index in [4.69, 9.17) is 0 Å². The van der Waals surface area contributed by atoms with E-state index in [-0.39, 0.29) is 4.90 Å². The molecule has 21 heavy (non-hydrogen) atoms. The number of hydrogen-bond donors (Lipinski definition) is 0. The van der Waals surface area contributed by atoms with Crippen LogP contribution in [-0.2, 0) is 17.1 Å². The summed E-state index contributed by atoms with van der Waals surface area (Å²) in [6.07, 6.45) is 0. The van der Waals surface area contributed by atoms with Gasteiger partial charge in [-0.2, -0.15) is 8.42 Å². The van der Waals surface area contributed by atoms with Gasteiger partial charge in [0, 0.05) is 11.5 Å². The van der Waals surface area contributed by atoms with Gasteiger partial charge in [-0.05, 0) is 40.2 Å². The highest BCUT2D eigenvalue weighted by atomic mass is 79.9. The van der Waals surface area contributed by atoms with Gasteiger partial charge in [0.05, 0.1) is 15.1 Å². The van der Waals surface area contributed by atoms with Crippen LogP contribution in [0.5, 0.6) is 0 Å². The van der Waals surface area contributed by atoms with E-state index in [0.29, 0.717) is 4.80 Å². The van der Waals surface area contributed by atoms with Crippen LogP contribution >= 0.6 is 27.3 Å². The van der Waals surface area contributed by atoms with E-state index < -0.39 is 10.0 Å². The third-order valence-corrected chi connectivity index (χ3v) is 6.15. The summed E-state index contributed by atoms with van der Waals surface area (Å²) < 4.78 is 32.3. The molecular weight excluding hydrogens is 372 g/mol. The van der Waals surface area contributed by atoms with Gasteiger partial charge in [0.2, 0.25) is 4.80 Å². The lowest BCUT2D eigenvalue weighted by atomic mass is 10.3. The molecule has 1 aromatic heterocycles. The molecule has 0 radical (unpaired) electrons. The molecule has 4 nitrogen and oxygen atoms in total. The van der Waals surface area contributed by atoms with Crippen molar-refractivity contribution in [2.24, 2.45) is 11.4 Å². The number of nitrogens with zero attached hydrogens (tertiary/aromatic N) is 2. The van der Waals surface area contributed by atoms with Crippen LogP contribution in [0.2, 0.25) is 0 Å². The van der Waals surface area contributed by atoms with Crippen LogP contribution in [0, 0.1) is 0 Å².